The van der Waals surface area contributed by atoms with Gasteiger partial charge in [-0.3, -0.25) is 14.8 Å². The minimum Gasteiger partial charge on any atom is -0.497 e. The van der Waals surface area contributed by atoms with Crippen molar-refractivity contribution in [1.82, 2.24) is 30.0 Å². The standard InChI is InChI=1S/C32H33N7O3/c1-42-29-6-4-5-24(17-29)21-38-31(41)37(28-10-8-25(9-11-28)27-18-34-35-19-27)22-32(38,14-15-33-23-40)13-12-26-20-36-39-16-3-2-7-30(26)39/h2-11,16-20,23H,12-15,21-22H2,1H3,(H,33,40)(H,34,35). The molecule has 42 heavy (non-hydrogen) atoms. The average Bonchev–Trinajstić information content (AvgIpc) is 3.77. The van der Waals surface area contributed by atoms with E-state index in [0.29, 0.717) is 38.9 Å². The number of benzene rings is 2. The average molecular weight is 564 g/mol. The Morgan fingerprint density at radius 1 is 1.05 bits per heavy atom. The van der Waals surface area contributed by atoms with E-state index in [4.69, 9.17) is 4.74 Å². The molecule has 0 saturated carbocycles. The molecular formula is C32H33N7O3. The number of aromatic nitrogens is 4. The molecule has 10 nitrogen and oxygen atoms in total. The molecule has 214 valence electrons. The number of nitrogens with zero attached hydrogens (tertiary/aromatic N) is 5. The molecule has 2 aromatic carbocycles. The molecule has 6 rings (SSSR count). The van der Waals surface area contributed by atoms with Gasteiger partial charge in [0.2, 0.25) is 6.41 Å². The molecule has 5 aromatic rings. The highest BCUT2D eigenvalue weighted by Gasteiger charge is 2.49. The minimum atomic E-state index is -0.553. The van der Waals surface area contributed by atoms with E-state index in [9.17, 15) is 9.59 Å². The predicted octanol–water partition coefficient (Wildman–Crippen LogP) is 4.68. The van der Waals surface area contributed by atoms with Gasteiger partial charge in [-0.05, 0) is 72.4 Å². The SMILES string of the molecule is COc1cccc(CN2C(=O)N(c3ccc(-c4cn[nH]c4)cc3)CC2(CCNC=O)CCc2cnn3ccccc23)c1. The molecule has 10 heteroatoms. The zero-order chi connectivity index (χ0) is 28.9. The number of pyridine rings is 1. The molecule has 1 aliphatic heterocycles. The van der Waals surface area contributed by atoms with Crippen LogP contribution < -0.4 is 15.0 Å². The van der Waals surface area contributed by atoms with Gasteiger partial charge in [-0.25, -0.2) is 9.31 Å². The van der Waals surface area contributed by atoms with Crippen molar-refractivity contribution in [3.63, 3.8) is 0 Å². The maximum Gasteiger partial charge on any atom is 0.325 e. The van der Waals surface area contributed by atoms with Crippen LogP contribution in [0.1, 0.15) is 24.0 Å². The number of aryl methyl sites for hydroxylation is 1. The maximum atomic E-state index is 14.3. The van der Waals surface area contributed by atoms with Crippen molar-refractivity contribution in [2.75, 3.05) is 25.1 Å². The van der Waals surface area contributed by atoms with Crippen molar-refractivity contribution >= 4 is 23.6 Å². The number of nitrogens with one attached hydrogen (secondary N) is 2. The van der Waals surface area contributed by atoms with Gasteiger partial charge in [0.1, 0.15) is 5.75 Å². The quantitative estimate of drug-likeness (QED) is 0.169. The van der Waals surface area contributed by atoms with Gasteiger partial charge in [0.05, 0.1) is 37.1 Å². The van der Waals surface area contributed by atoms with Crippen LogP contribution in [0, 0.1) is 0 Å². The van der Waals surface area contributed by atoms with Gasteiger partial charge in [-0.2, -0.15) is 10.2 Å². The fourth-order valence-electron chi connectivity index (χ4n) is 5.89. The number of fused-ring (bicyclic) bond motifs is 1. The fraction of sp³-hybridized carbons (Fsp3) is 0.250. The number of hydrogen-bond acceptors (Lipinski definition) is 5. The number of carbonyl (C=O) groups excluding carboxylic acids is 2. The molecule has 3 aromatic heterocycles. The highest BCUT2D eigenvalue weighted by Crippen LogP contribution is 2.39. The number of rotatable bonds is 12. The van der Waals surface area contributed by atoms with Crippen LogP contribution in [0.25, 0.3) is 16.6 Å². The third kappa shape index (κ3) is 5.30. The molecule has 1 unspecified atom stereocenters. The first kappa shape index (κ1) is 27.1. The van der Waals surface area contributed by atoms with Crippen molar-refractivity contribution in [3.8, 4) is 16.9 Å². The van der Waals surface area contributed by atoms with Crippen LogP contribution in [0.15, 0.2) is 91.5 Å². The van der Waals surface area contributed by atoms with Gasteiger partial charge in [0.25, 0.3) is 0 Å². The van der Waals surface area contributed by atoms with Gasteiger partial charge in [0, 0.05) is 36.7 Å². The Balaban J connectivity index is 1.36. The van der Waals surface area contributed by atoms with Crippen molar-refractivity contribution < 1.29 is 14.3 Å². The van der Waals surface area contributed by atoms with Gasteiger partial charge < -0.3 is 15.0 Å². The Kier molecular flexibility index (Phi) is 7.59. The Hall–Kier alpha value is -5.12. The van der Waals surface area contributed by atoms with E-state index in [0.717, 1.165) is 45.6 Å². The Bertz CT molecular complexity index is 1670. The number of anilines is 1. The monoisotopic (exact) mass is 563 g/mol. The number of carbonyl (C=O) groups is 2. The van der Waals surface area contributed by atoms with E-state index >= 15 is 0 Å². The lowest BCUT2D eigenvalue weighted by molar-refractivity contribution is -0.109. The summed E-state index contributed by atoms with van der Waals surface area (Å²) in [6, 6.07) is 21.7. The number of urea groups is 1. The van der Waals surface area contributed by atoms with Crippen molar-refractivity contribution in [2.24, 2.45) is 0 Å². The molecule has 0 bridgehead atoms. The molecule has 1 aliphatic rings. The zero-order valence-electron chi connectivity index (χ0n) is 23.4. The summed E-state index contributed by atoms with van der Waals surface area (Å²) in [4.78, 5) is 29.4. The molecule has 4 heterocycles. The highest BCUT2D eigenvalue weighted by atomic mass is 16.5. The third-order valence-electron chi connectivity index (χ3n) is 8.16. The van der Waals surface area contributed by atoms with E-state index in [2.05, 4.69) is 26.7 Å². The molecule has 0 spiro atoms. The minimum absolute atomic E-state index is 0.0696. The molecule has 3 amide bonds. The van der Waals surface area contributed by atoms with Crippen LogP contribution in [0.4, 0.5) is 10.5 Å². The summed E-state index contributed by atoms with van der Waals surface area (Å²) >= 11 is 0. The second-order valence-corrected chi connectivity index (χ2v) is 10.6. The summed E-state index contributed by atoms with van der Waals surface area (Å²) in [7, 11) is 1.64. The molecule has 0 aliphatic carbocycles. The number of hydrogen-bond donors (Lipinski definition) is 2. The summed E-state index contributed by atoms with van der Waals surface area (Å²) in [5.41, 5.74) is 5.41. The molecule has 2 N–H and O–H groups in total. The topological polar surface area (TPSA) is 108 Å². The lowest BCUT2D eigenvalue weighted by Gasteiger charge is -2.37. The van der Waals surface area contributed by atoms with Crippen LogP contribution in [-0.2, 0) is 17.8 Å². The molecule has 1 atom stereocenters. The van der Waals surface area contributed by atoms with E-state index in [1.165, 1.54) is 0 Å². The largest absolute Gasteiger partial charge is 0.497 e. The summed E-state index contributed by atoms with van der Waals surface area (Å²) < 4.78 is 7.34. The Morgan fingerprint density at radius 2 is 1.93 bits per heavy atom. The summed E-state index contributed by atoms with van der Waals surface area (Å²) in [6.07, 6.45) is 10.2. The Labute approximate surface area is 243 Å². The summed E-state index contributed by atoms with van der Waals surface area (Å²) in [6.45, 7) is 1.35. The summed E-state index contributed by atoms with van der Waals surface area (Å²) in [5.74, 6) is 0.741. The van der Waals surface area contributed by atoms with Gasteiger partial charge in [-0.1, -0.05) is 30.3 Å². The molecular weight excluding hydrogens is 530 g/mol. The van der Waals surface area contributed by atoms with Gasteiger partial charge in [0.15, 0.2) is 0 Å². The first-order chi connectivity index (χ1) is 20.6. The molecule has 0 radical (unpaired) electrons. The normalized spacial score (nSPS) is 16.7. The number of H-pyrrole nitrogens is 1. The fourth-order valence-corrected chi connectivity index (χ4v) is 5.89. The van der Waals surface area contributed by atoms with E-state index < -0.39 is 5.54 Å². The smallest absolute Gasteiger partial charge is 0.325 e. The predicted molar refractivity (Wildman–Crippen MR) is 160 cm³/mol. The van der Waals surface area contributed by atoms with E-state index in [-0.39, 0.29) is 6.03 Å². The van der Waals surface area contributed by atoms with Gasteiger partial charge in [-0.15, -0.1) is 0 Å². The van der Waals surface area contributed by atoms with Crippen LogP contribution in [0.3, 0.4) is 0 Å². The second kappa shape index (κ2) is 11.8. The van der Waals surface area contributed by atoms with Crippen LogP contribution >= 0.6 is 0 Å². The van der Waals surface area contributed by atoms with Gasteiger partial charge >= 0.3 is 6.03 Å². The third-order valence-corrected chi connectivity index (χ3v) is 8.16. The first-order valence-electron chi connectivity index (χ1n) is 14.0. The zero-order valence-corrected chi connectivity index (χ0v) is 23.4. The highest BCUT2D eigenvalue weighted by molar-refractivity contribution is 5.95. The lowest BCUT2D eigenvalue weighted by atomic mass is 9.86. The van der Waals surface area contributed by atoms with Crippen molar-refractivity contribution in [2.45, 2.75) is 31.3 Å². The summed E-state index contributed by atoms with van der Waals surface area (Å²) in [5, 5.41) is 14.2. The number of ether oxygens (including phenoxy) is 1. The number of methoxy groups -OCH3 is 1. The molecule has 1 fully saturated rings. The van der Waals surface area contributed by atoms with Crippen molar-refractivity contribution in [3.05, 3.63) is 103 Å². The van der Waals surface area contributed by atoms with Crippen molar-refractivity contribution in [1.29, 1.82) is 0 Å². The maximum absolute atomic E-state index is 14.3. The van der Waals surface area contributed by atoms with Crippen LogP contribution in [-0.4, -0.2) is 62.9 Å². The second-order valence-electron chi connectivity index (χ2n) is 10.6. The molecule has 1 saturated heterocycles. The lowest BCUT2D eigenvalue weighted by Crippen LogP contribution is -2.48. The Morgan fingerprint density at radius 3 is 2.71 bits per heavy atom. The first-order valence-corrected chi connectivity index (χ1v) is 14.0. The number of amides is 3. The van der Waals surface area contributed by atoms with E-state index in [1.807, 2.05) is 93.6 Å². The van der Waals surface area contributed by atoms with E-state index in [1.54, 1.807) is 13.3 Å². The van der Waals surface area contributed by atoms with Crippen LogP contribution in [0.5, 0.6) is 5.75 Å². The van der Waals surface area contributed by atoms with Crippen LogP contribution in [0.2, 0.25) is 0 Å². The number of aromatic amines is 1.